The molecule has 2 heterocycles. The van der Waals surface area contributed by atoms with E-state index in [4.69, 9.17) is 0 Å². The summed E-state index contributed by atoms with van der Waals surface area (Å²) in [5.74, 6) is 1.05. The highest BCUT2D eigenvalue weighted by atomic mass is 16.1. The maximum atomic E-state index is 11.6. The van der Waals surface area contributed by atoms with Crippen LogP contribution in [-0.4, -0.2) is 36.0 Å². The van der Waals surface area contributed by atoms with E-state index in [1.807, 2.05) is 0 Å². The van der Waals surface area contributed by atoms with E-state index in [-0.39, 0.29) is 11.8 Å². The Kier molecular flexibility index (Phi) is 3.34. The zero-order valence-corrected chi connectivity index (χ0v) is 9.39. The van der Waals surface area contributed by atoms with E-state index in [9.17, 15) is 4.79 Å². The third-order valence-electron chi connectivity index (χ3n) is 2.91. The monoisotopic (exact) mass is 220 g/mol. The number of rotatable bonds is 2. The van der Waals surface area contributed by atoms with Crippen LogP contribution in [0.25, 0.3) is 0 Å². The minimum absolute atomic E-state index is 0.0701. The summed E-state index contributed by atoms with van der Waals surface area (Å²) >= 11 is 0. The van der Waals surface area contributed by atoms with Crippen LogP contribution >= 0.6 is 0 Å². The van der Waals surface area contributed by atoms with E-state index in [1.54, 1.807) is 25.6 Å². The Morgan fingerprint density at radius 1 is 1.56 bits per heavy atom. The molecule has 16 heavy (non-hydrogen) atoms. The number of amides is 1. The van der Waals surface area contributed by atoms with Gasteiger partial charge in [-0.3, -0.25) is 9.78 Å². The van der Waals surface area contributed by atoms with Gasteiger partial charge in [-0.05, 0) is 12.8 Å². The lowest BCUT2D eigenvalue weighted by Gasteiger charge is -2.32. The molecule has 1 N–H and O–H groups in total. The molecule has 1 fully saturated rings. The molecule has 1 saturated heterocycles. The van der Waals surface area contributed by atoms with Gasteiger partial charge in [0.2, 0.25) is 5.91 Å². The topological polar surface area (TPSA) is 58.1 Å². The van der Waals surface area contributed by atoms with Crippen molar-refractivity contribution in [2.75, 3.05) is 25.0 Å². The summed E-state index contributed by atoms with van der Waals surface area (Å²) in [4.78, 5) is 22.0. The molecule has 0 aromatic carbocycles. The summed E-state index contributed by atoms with van der Waals surface area (Å²) in [6.45, 7) is 1.69. The number of anilines is 1. The van der Waals surface area contributed by atoms with Crippen molar-refractivity contribution >= 4 is 11.7 Å². The second kappa shape index (κ2) is 4.92. The Bertz CT molecular complexity index is 354. The molecule has 5 heteroatoms. The zero-order valence-electron chi connectivity index (χ0n) is 9.39. The van der Waals surface area contributed by atoms with Gasteiger partial charge in [0.25, 0.3) is 0 Å². The van der Waals surface area contributed by atoms with Crippen molar-refractivity contribution in [3.05, 3.63) is 18.6 Å². The number of aromatic nitrogens is 2. The lowest BCUT2D eigenvalue weighted by molar-refractivity contribution is -0.124. The van der Waals surface area contributed by atoms with Gasteiger partial charge in [-0.1, -0.05) is 0 Å². The molecular formula is C11H16N4O. The zero-order chi connectivity index (χ0) is 11.4. The Balaban J connectivity index is 2.05. The van der Waals surface area contributed by atoms with Crippen molar-refractivity contribution in [1.82, 2.24) is 15.3 Å². The predicted octanol–water partition coefficient (Wildman–Crippen LogP) is 0.439. The van der Waals surface area contributed by atoms with Crippen molar-refractivity contribution in [1.29, 1.82) is 0 Å². The number of hydrogen-bond acceptors (Lipinski definition) is 4. The van der Waals surface area contributed by atoms with E-state index < -0.39 is 0 Å². The summed E-state index contributed by atoms with van der Waals surface area (Å²) in [5.41, 5.74) is 0. The Labute approximate surface area is 94.9 Å². The number of carbonyl (C=O) groups excluding carboxylic acids is 1. The van der Waals surface area contributed by atoms with Crippen molar-refractivity contribution in [3.63, 3.8) is 0 Å². The highest BCUT2D eigenvalue weighted by Gasteiger charge is 2.25. The van der Waals surface area contributed by atoms with Crippen LogP contribution < -0.4 is 10.2 Å². The smallest absolute Gasteiger partial charge is 0.224 e. The third-order valence-corrected chi connectivity index (χ3v) is 2.91. The van der Waals surface area contributed by atoms with Crippen LogP contribution in [0.4, 0.5) is 5.82 Å². The highest BCUT2D eigenvalue weighted by molar-refractivity contribution is 5.79. The quantitative estimate of drug-likeness (QED) is 0.785. The number of nitrogens with zero attached hydrogens (tertiary/aromatic N) is 3. The number of carbonyl (C=O) groups is 1. The first-order chi connectivity index (χ1) is 7.81. The average Bonchev–Trinajstić information content (AvgIpc) is 2.39. The number of nitrogens with one attached hydrogen (secondary N) is 1. The van der Waals surface area contributed by atoms with Crippen LogP contribution in [-0.2, 0) is 4.79 Å². The van der Waals surface area contributed by atoms with Gasteiger partial charge in [-0.2, -0.15) is 0 Å². The lowest BCUT2D eigenvalue weighted by Crippen LogP contribution is -2.42. The fraction of sp³-hybridized carbons (Fsp3) is 0.545. The van der Waals surface area contributed by atoms with Gasteiger partial charge < -0.3 is 10.2 Å². The van der Waals surface area contributed by atoms with Gasteiger partial charge in [0, 0.05) is 32.5 Å². The predicted molar refractivity (Wildman–Crippen MR) is 61.0 cm³/mol. The Morgan fingerprint density at radius 3 is 3.12 bits per heavy atom. The summed E-state index contributed by atoms with van der Waals surface area (Å²) in [6.07, 6.45) is 7.06. The van der Waals surface area contributed by atoms with Gasteiger partial charge in [0.1, 0.15) is 5.82 Å². The molecule has 0 radical (unpaired) electrons. The first-order valence-electron chi connectivity index (χ1n) is 5.54. The van der Waals surface area contributed by atoms with Crippen molar-refractivity contribution in [2.24, 2.45) is 5.92 Å². The molecular weight excluding hydrogens is 204 g/mol. The molecule has 0 bridgehead atoms. The van der Waals surface area contributed by atoms with Crippen LogP contribution in [0.15, 0.2) is 18.6 Å². The normalized spacial score (nSPS) is 20.6. The van der Waals surface area contributed by atoms with Crippen LogP contribution in [0.3, 0.4) is 0 Å². The van der Waals surface area contributed by atoms with E-state index in [0.717, 1.165) is 31.7 Å². The second-order valence-electron chi connectivity index (χ2n) is 3.96. The van der Waals surface area contributed by atoms with E-state index >= 15 is 0 Å². The standard InChI is InChI=1S/C11H16N4O/c1-12-11(16)9-3-2-6-15(8-9)10-7-13-4-5-14-10/h4-5,7,9H,2-3,6,8H2,1H3,(H,12,16)/t9-/m0/s1. The molecule has 0 saturated carbocycles. The molecule has 1 aromatic rings. The maximum absolute atomic E-state index is 11.6. The van der Waals surface area contributed by atoms with Gasteiger partial charge >= 0.3 is 0 Å². The summed E-state index contributed by atoms with van der Waals surface area (Å²) < 4.78 is 0. The van der Waals surface area contributed by atoms with Gasteiger partial charge in [-0.25, -0.2) is 4.98 Å². The molecule has 1 aromatic heterocycles. The largest absolute Gasteiger partial charge is 0.359 e. The third kappa shape index (κ3) is 2.29. The molecule has 1 amide bonds. The van der Waals surface area contributed by atoms with E-state index in [2.05, 4.69) is 20.2 Å². The van der Waals surface area contributed by atoms with Crippen molar-refractivity contribution in [2.45, 2.75) is 12.8 Å². The minimum atomic E-state index is 0.0701. The Hall–Kier alpha value is -1.65. The molecule has 1 aliphatic rings. The molecule has 0 spiro atoms. The average molecular weight is 220 g/mol. The summed E-state index contributed by atoms with van der Waals surface area (Å²) in [7, 11) is 1.68. The molecule has 86 valence electrons. The van der Waals surface area contributed by atoms with Crippen molar-refractivity contribution < 1.29 is 4.79 Å². The molecule has 2 rings (SSSR count). The molecule has 5 nitrogen and oxygen atoms in total. The summed E-state index contributed by atoms with van der Waals surface area (Å²) in [5, 5.41) is 2.71. The molecule has 0 aliphatic carbocycles. The minimum Gasteiger partial charge on any atom is -0.359 e. The van der Waals surface area contributed by atoms with Crippen LogP contribution in [0.5, 0.6) is 0 Å². The molecule has 0 unspecified atom stereocenters. The molecule has 1 aliphatic heterocycles. The maximum Gasteiger partial charge on any atom is 0.224 e. The van der Waals surface area contributed by atoms with Gasteiger partial charge in [0.05, 0.1) is 12.1 Å². The van der Waals surface area contributed by atoms with Crippen LogP contribution in [0.1, 0.15) is 12.8 Å². The van der Waals surface area contributed by atoms with Gasteiger partial charge in [0.15, 0.2) is 0 Å². The first kappa shape index (κ1) is 10.9. The fourth-order valence-electron chi connectivity index (χ4n) is 2.06. The highest BCUT2D eigenvalue weighted by Crippen LogP contribution is 2.20. The second-order valence-corrected chi connectivity index (χ2v) is 3.96. The molecule has 1 atom stereocenters. The number of piperidine rings is 1. The van der Waals surface area contributed by atoms with Crippen molar-refractivity contribution in [3.8, 4) is 0 Å². The van der Waals surface area contributed by atoms with Crippen LogP contribution in [0.2, 0.25) is 0 Å². The SMILES string of the molecule is CNC(=O)[C@H]1CCCN(c2cnccn2)C1. The fourth-order valence-corrected chi connectivity index (χ4v) is 2.06. The van der Waals surface area contributed by atoms with Gasteiger partial charge in [-0.15, -0.1) is 0 Å². The lowest BCUT2D eigenvalue weighted by atomic mass is 9.97. The first-order valence-corrected chi connectivity index (χ1v) is 5.54. The van der Waals surface area contributed by atoms with E-state index in [1.165, 1.54) is 0 Å². The van der Waals surface area contributed by atoms with Crippen LogP contribution in [0, 0.1) is 5.92 Å². The number of hydrogen-bond donors (Lipinski definition) is 1. The summed E-state index contributed by atoms with van der Waals surface area (Å²) in [6, 6.07) is 0. The van der Waals surface area contributed by atoms with E-state index in [0.29, 0.717) is 0 Å². The Morgan fingerprint density at radius 2 is 2.44 bits per heavy atom.